The summed E-state index contributed by atoms with van der Waals surface area (Å²) in [6.45, 7) is 6.53. The van der Waals surface area contributed by atoms with Crippen molar-refractivity contribution >= 4 is 5.78 Å². The summed E-state index contributed by atoms with van der Waals surface area (Å²) in [4.78, 5) is 11.3. The van der Waals surface area contributed by atoms with E-state index in [1.165, 1.54) is 6.42 Å². The van der Waals surface area contributed by atoms with Gasteiger partial charge in [0, 0.05) is 12.3 Å². The minimum atomic E-state index is 0.323. The van der Waals surface area contributed by atoms with Gasteiger partial charge in [0.25, 0.3) is 0 Å². The van der Waals surface area contributed by atoms with E-state index < -0.39 is 0 Å². The third-order valence-corrected chi connectivity index (χ3v) is 2.97. The average molecular weight is 154 g/mol. The van der Waals surface area contributed by atoms with Gasteiger partial charge in [0.05, 0.1) is 0 Å². The number of Topliss-reactive ketones (excluding diaryl/α,β-unsaturated/α-hetero) is 1. The van der Waals surface area contributed by atoms with Crippen molar-refractivity contribution in [2.45, 2.75) is 40.0 Å². The zero-order valence-corrected chi connectivity index (χ0v) is 7.76. The summed E-state index contributed by atoms with van der Waals surface area (Å²) in [5.41, 5.74) is 0. The van der Waals surface area contributed by atoms with Gasteiger partial charge in [0.15, 0.2) is 0 Å². The number of hydrogen-bond acceptors (Lipinski definition) is 1. The van der Waals surface area contributed by atoms with Gasteiger partial charge in [0.1, 0.15) is 5.78 Å². The molecular weight excluding hydrogens is 136 g/mol. The summed E-state index contributed by atoms with van der Waals surface area (Å²) in [6.07, 6.45) is 3.20. The first kappa shape index (κ1) is 8.76. The molecule has 0 N–H and O–H groups in total. The third kappa shape index (κ3) is 1.82. The maximum Gasteiger partial charge on any atom is 0.135 e. The molecule has 0 amide bonds. The summed E-state index contributed by atoms with van der Waals surface area (Å²) >= 11 is 0. The van der Waals surface area contributed by atoms with Crippen LogP contribution in [0.5, 0.6) is 0 Å². The summed E-state index contributed by atoms with van der Waals surface area (Å²) in [5.74, 6) is 2.13. The Labute approximate surface area is 69.2 Å². The summed E-state index contributed by atoms with van der Waals surface area (Å²) in [5, 5.41) is 0. The maximum atomic E-state index is 11.3. The van der Waals surface area contributed by atoms with Crippen LogP contribution in [-0.2, 0) is 4.79 Å². The van der Waals surface area contributed by atoms with E-state index in [9.17, 15) is 4.79 Å². The lowest BCUT2D eigenvalue weighted by Crippen LogP contribution is -2.29. The highest BCUT2D eigenvalue weighted by atomic mass is 16.1. The molecule has 0 aromatic heterocycles. The van der Waals surface area contributed by atoms with Gasteiger partial charge in [-0.2, -0.15) is 0 Å². The second kappa shape index (κ2) is 3.38. The Hall–Kier alpha value is -0.330. The first-order valence-electron chi connectivity index (χ1n) is 4.65. The summed E-state index contributed by atoms with van der Waals surface area (Å²) < 4.78 is 0. The van der Waals surface area contributed by atoms with E-state index in [1.54, 1.807) is 0 Å². The standard InChI is InChI=1S/C10H18O/c1-7(2)9-5-4-6-10(11)8(9)3/h7-9H,4-6H2,1-3H3/t8-,9-/m1/s1. The number of rotatable bonds is 1. The quantitative estimate of drug-likeness (QED) is 0.567. The molecule has 1 aliphatic carbocycles. The topological polar surface area (TPSA) is 17.1 Å². The van der Waals surface area contributed by atoms with E-state index >= 15 is 0 Å². The fourth-order valence-corrected chi connectivity index (χ4v) is 2.14. The van der Waals surface area contributed by atoms with Crippen molar-refractivity contribution in [3.8, 4) is 0 Å². The molecule has 0 aliphatic heterocycles. The molecule has 0 saturated heterocycles. The number of hydrogen-bond donors (Lipinski definition) is 0. The van der Waals surface area contributed by atoms with Crippen molar-refractivity contribution < 1.29 is 4.79 Å². The van der Waals surface area contributed by atoms with E-state index in [1.807, 2.05) is 0 Å². The average Bonchev–Trinajstić information content (AvgIpc) is 1.94. The predicted molar refractivity (Wildman–Crippen MR) is 46.4 cm³/mol. The van der Waals surface area contributed by atoms with Crippen LogP contribution in [0.4, 0.5) is 0 Å². The molecular formula is C10H18O. The highest BCUT2D eigenvalue weighted by Gasteiger charge is 2.29. The zero-order valence-electron chi connectivity index (χ0n) is 7.76. The van der Waals surface area contributed by atoms with Crippen LogP contribution in [0.15, 0.2) is 0 Å². The fourth-order valence-electron chi connectivity index (χ4n) is 2.14. The molecule has 1 heteroatoms. The van der Waals surface area contributed by atoms with Crippen molar-refractivity contribution in [2.75, 3.05) is 0 Å². The van der Waals surface area contributed by atoms with Crippen LogP contribution in [0.1, 0.15) is 40.0 Å². The van der Waals surface area contributed by atoms with Gasteiger partial charge in [-0.15, -0.1) is 0 Å². The summed E-state index contributed by atoms with van der Waals surface area (Å²) in [6, 6.07) is 0. The molecule has 1 rings (SSSR count). The molecule has 1 saturated carbocycles. The molecule has 1 aliphatic rings. The van der Waals surface area contributed by atoms with Crippen molar-refractivity contribution in [1.82, 2.24) is 0 Å². The Morgan fingerprint density at radius 3 is 2.55 bits per heavy atom. The summed E-state index contributed by atoms with van der Waals surface area (Å²) in [7, 11) is 0. The van der Waals surface area contributed by atoms with Gasteiger partial charge >= 0.3 is 0 Å². The van der Waals surface area contributed by atoms with Crippen LogP contribution < -0.4 is 0 Å². The van der Waals surface area contributed by atoms with Gasteiger partial charge < -0.3 is 0 Å². The molecule has 0 spiro atoms. The Bertz CT molecular complexity index is 149. The Morgan fingerprint density at radius 2 is 2.09 bits per heavy atom. The smallest absolute Gasteiger partial charge is 0.135 e. The highest BCUT2D eigenvalue weighted by Crippen LogP contribution is 2.32. The number of ketones is 1. The Morgan fingerprint density at radius 1 is 1.45 bits per heavy atom. The Kier molecular flexibility index (Phi) is 2.69. The molecule has 0 heterocycles. The van der Waals surface area contributed by atoms with Crippen molar-refractivity contribution in [3.05, 3.63) is 0 Å². The lowest BCUT2D eigenvalue weighted by Gasteiger charge is -2.30. The second-order valence-electron chi connectivity index (χ2n) is 4.06. The van der Waals surface area contributed by atoms with Gasteiger partial charge in [-0.3, -0.25) is 4.79 Å². The minimum Gasteiger partial charge on any atom is -0.299 e. The second-order valence-corrected chi connectivity index (χ2v) is 4.06. The molecule has 11 heavy (non-hydrogen) atoms. The van der Waals surface area contributed by atoms with Crippen molar-refractivity contribution in [2.24, 2.45) is 17.8 Å². The van der Waals surface area contributed by atoms with Crippen LogP contribution in [-0.4, -0.2) is 5.78 Å². The first-order valence-corrected chi connectivity index (χ1v) is 4.65. The lowest BCUT2D eigenvalue weighted by molar-refractivity contribution is -0.126. The van der Waals surface area contributed by atoms with Gasteiger partial charge in [-0.25, -0.2) is 0 Å². The van der Waals surface area contributed by atoms with E-state index in [4.69, 9.17) is 0 Å². The van der Waals surface area contributed by atoms with Gasteiger partial charge in [-0.1, -0.05) is 20.8 Å². The highest BCUT2D eigenvalue weighted by molar-refractivity contribution is 5.81. The molecule has 0 unspecified atom stereocenters. The van der Waals surface area contributed by atoms with E-state index in [-0.39, 0.29) is 0 Å². The molecule has 0 aromatic rings. The molecule has 64 valence electrons. The van der Waals surface area contributed by atoms with Crippen LogP contribution >= 0.6 is 0 Å². The monoisotopic (exact) mass is 154 g/mol. The zero-order chi connectivity index (χ0) is 8.43. The van der Waals surface area contributed by atoms with Crippen LogP contribution in [0.3, 0.4) is 0 Å². The molecule has 0 radical (unpaired) electrons. The van der Waals surface area contributed by atoms with Gasteiger partial charge in [-0.05, 0) is 24.7 Å². The first-order chi connectivity index (χ1) is 5.13. The van der Waals surface area contributed by atoms with E-state index in [0.717, 1.165) is 12.8 Å². The normalized spacial score (nSPS) is 32.9. The van der Waals surface area contributed by atoms with E-state index in [2.05, 4.69) is 20.8 Å². The van der Waals surface area contributed by atoms with Crippen LogP contribution in [0.25, 0.3) is 0 Å². The fraction of sp³-hybridized carbons (Fsp3) is 0.900. The van der Waals surface area contributed by atoms with Crippen molar-refractivity contribution in [3.63, 3.8) is 0 Å². The molecule has 0 bridgehead atoms. The maximum absolute atomic E-state index is 11.3. The lowest BCUT2D eigenvalue weighted by atomic mass is 9.74. The van der Waals surface area contributed by atoms with Crippen LogP contribution in [0, 0.1) is 17.8 Å². The largest absolute Gasteiger partial charge is 0.299 e. The van der Waals surface area contributed by atoms with E-state index in [0.29, 0.717) is 23.5 Å². The SMILES string of the molecule is CC(C)[C@H]1CCCC(=O)[C@@H]1C. The number of carbonyl (C=O) groups excluding carboxylic acids is 1. The Balaban J connectivity index is 2.58. The molecule has 2 atom stereocenters. The number of carbonyl (C=O) groups is 1. The third-order valence-electron chi connectivity index (χ3n) is 2.97. The van der Waals surface area contributed by atoms with Crippen LogP contribution in [0.2, 0.25) is 0 Å². The molecule has 1 fully saturated rings. The van der Waals surface area contributed by atoms with Gasteiger partial charge in [0.2, 0.25) is 0 Å². The van der Waals surface area contributed by atoms with Crippen molar-refractivity contribution in [1.29, 1.82) is 0 Å². The minimum absolute atomic E-state index is 0.323. The molecule has 1 nitrogen and oxygen atoms in total. The predicted octanol–water partition coefficient (Wildman–Crippen LogP) is 2.65. The molecule has 0 aromatic carbocycles.